The topological polar surface area (TPSA) is 94.1 Å². The van der Waals surface area contributed by atoms with E-state index in [9.17, 15) is 4.79 Å². The Hall–Kier alpha value is -4.50. The lowest BCUT2D eigenvalue weighted by Gasteiger charge is -2.37. The zero-order chi connectivity index (χ0) is 28.6. The summed E-state index contributed by atoms with van der Waals surface area (Å²) in [6.45, 7) is 3.81. The summed E-state index contributed by atoms with van der Waals surface area (Å²) in [6.07, 6.45) is -0.294. The van der Waals surface area contributed by atoms with Crippen LogP contribution in [0.25, 0.3) is 11.2 Å². The summed E-state index contributed by atoms with van der Waals surface area (Å²) in [5.41, 5.74) is 1.72. The van der Waals surface area contributed by atoms with Crippen molar-refractivity contribution in [3.8, 4) is 5.75 Å². The van der Waals surface area contributed by atoms with Crippen LogP contribution in [0.1, 0.15) is 43.2 Å². The third-order valence-corrected chi connectivity index (χ3v) is 8.03. The fourth-order valence-electron chi connectivity index (χ4n) is 5.81. The van der Waals surface area contributed by atoms with Gasteiger partial charge in [0.1, 0.15) is 11.3 Å². The second-order valence-electron chi connectivity index (χ2n) is 10.4. The summed E-state index contributed by atoms with van der Waals surface area (Å²) in [4.78, 5) is 25.3. The Bertz CT molecular complexity index is 1650. The predicted octanol–water partition coefficient (Wildman–Crippen LogP) is 5.81. The number of nitrogens with one attached hydrogen (secondary N) is 2. The van der Waals surface area contributed by atoms with Gasteiger partial charge < -0.3 is 14.8 Å². The first-order chi connectivity index (χ1) is 20.0. The number of fused-ring (bicyclic) bond motifs is 1. The normalized spacial score (nSPS) is 20.8. The van der Waals surface area contributed by atoms with Gasteiger partial charge in [-0.25, -0.2) is 9.37 Å². The number of halogens is 1. The van der Waals surface area contributed by atoms with E-state index in [2.05, 4.69) is 15.3 Å². The number of aromatic nitrogens is 4. The Morgan fingerprint density at radius 1 is 1.00 bits per heavy atom. The minimum absolute atomic E-state index is 0.119. The van der Waals surface area contributed by atoms with Gasteiger partial charge in [0.2, 0.25) is 5.95 Å². The minimum atomic E-state index is -1.26. The van der Waals surface area contributed by atoms with Crippen molar-refractivity contribution in [2.24, 2.45) is 5.92 Å². The van der Waals surface area contributed by atoms with Gasteiger partial charge in [-0.2, -0.15) is 4.98 Å². The van der Waals surface area contributed by atoms with Gasteiger partial charge in [0.05, 0.1) is 19.5 Å². The number of H-pyrrole nitrogens is 1. The molecule has 1 aliphatic heterocycles. The fraction of sp³-hybridized carbons (Fsp3) is 0.281. The lowest BCUT2D eigenvalue weighted by Crippen LogP contribution is -2.39. The number of aromatic amines is 1. The first-order valence-corrected chi connectivity index (χ1v) is 13.8. The molecule has 0 saturated carbocycles. The number of hydrogen-bond acceptors (Lipinski definition) is 6. The van der Waals surface area contributed by atoms with E-state index >= 15 is 4.39 Å². The van der Waals surface area contributed by atoms with Crippen molar-refractivity contribution in [1.29, 1.82) is 0 Å². The molecular weight excluding hydrogens is 521 g/mol. The van der Waals surface area contributed by atoms with Crippen LogP contribution in [0.4, 0.5) is 10.3 Å². The van der Waals surface area contributed by atoms with E-state index in [1.807, 2.05) is 98.8 Å². The number of nitrogens with zero attached hydrogens (tertiary/aromatic N) is 3. The van der Waals surface area contributed by atoms with E-state index in [1.165, 1.54) is 10.9 Å². The van der Waals surface area contributed by atoms with Crippen molar-refractivity contribution in [3.63, 3.8) is 0 Å². The largest absolute Gasteiger partial charge is 0.497 e. The van der Waals surface area contributed by atoms with E-state index in [0.29, 0.717) is 6.42 Å². The van der Waals surface area contributed by atoms with Crippen molar-refractivity contribution in [1.82, 2.24) is 19.5 Å². The molecule has 0 bridgehead atoms. The first kappa shape index (κ1) is 26.7. The molecule has 0 unspecified atom stereocenters. The average molecular weight is 554 g/mol. The molecule has 2 aromatic heterocycles. The molecule has 3 heterocycles. The highest BCUT2D eigenvalue weighted by molar-refractivity contribution is 5.71. The lowest BCUT2D eigenvalue weighted by atomic mass is 9.77. The van der Waals surface area contributed by atoms with Crippen LogP contribution in [-0.2, 0) is 10.3 Å². The van der Waals surface area contributed by atoms with Gasteiger partial charge in [-0.15, -0.1) is 0 Å². The number of rotatable bonds is 8. The minimum Gasteiger partial charge on any atom is -0.497 e. The Morgan fingerprint density at radius 2 is 1.61 bits per heavy atom. The highest BCUT2D eigenvalue weighted by Gasteiger charge is 2.43. The second-order valence-corrected chi connectivity index (χ2v) is 10.4. The number of methoxy groups -OCH3 is 1. The molecule has 6 rings (SSSR count). The monoisotopic (exact) mass is 553 g/mol. The fourth-order valence-corrected chi connectivity index (χ4v) is 5.81. The molecule has 41 heavy (non-hydrogen) atoms. The predicted molar refractivity (Wildman–Crippen MR) is 156 cm³/mol. The lowest BCUT2D eigenvalue weighted by molar-refractivity contribution is -0.0186. The van der Waals surface area contributed by atoms with Crippen LogP contribution in [0.15, 0.2) is 96.1 Å². The number of ether oxygens (including phenoxy) is 2. The van der Waals surface area contributed by atoms with Crippen LogP contribution in [-0.4, -0.2) is 38.9 Å². The van der Waals surface area contributed by atoms with E-state index in [0.717, 1.165) is 22.4 Å². The molecular formula is C32H32FN5O3. The molecule has 1 aliphatic rings. The zero-order valence-electron chi connectivity index (χ0n) is 23.1. The maximum Gasteiger partial charge on any atom is 0.280 e. The van der Waals surface area contributed by atoms with Crippen LogP contribution in [0.5, 0.6) is 5.75 Å². The number of hydrogen-bond donors (Lipinski definition) is 2. The standard InChI is InChI=1S/C32H32FN5O3/c1-4-25-20(2)26(33)30(41-25)38-19-34-27-28(38)35-31(36-29(27)39)37-32(21-11-7-5-8-12-21,22-13-9-6-10-14-22)23-15-17-24(40-3)18-16-23/h5-20,25-26,30H,4H2,1-3H3,(H2,35,36,37,39)/t20-,25-,26-,30-/m1/s1. The molecule has 1 fully saturated rings. The maximum absolute atomic E-state index is 15.4. The van der Waals surface area contributed by atoms with E-state index in [4.69, 9.17) is 14.5 Å². The number of benzene rings is 3. The van der Waals surface area contributed by atoms with Gasteiger partial charge in [-0.3, -0.25) is 14.3 Å². The van der Waals surface area contributed by atoms with E-state index in [-0.39, 0.29) is 29.1 Å². The summed E-state index contributed by atoms with van der Waals surface area (Å²) in [6, 6.07) is 27.7. The molecule has 0 aliphatic carbocycles. The van der Waals surface area contributed by atoms with Gasteiger partial charge >= 0.3 is 0 Å². The van der Waals surface area contributed by atoms with Crippen LogP contribution in [0.3, 0.4) is 0 Å². The van der Waals surface area contributed by atoms with Gasteiger partial charge in [-0.05, 0) is 35.2 Å². The molecule has 5 aromatic rings. The highest BCUT2D eigenvalue weighted by Crippen LogP contribution is 2.41. The van der Waals surface area contributed by atoms with Gasteiger partial charge in [0.25, 0.3) is 5.56 Å². The highest BCUT2D eigenvalue weighted by atomic mass is 19.1. The SMILES string of the molecule is CC[C@H]1O[C@@H](n2cnc3c(=O)[nH]c(NC(c4ccccc4)(c4ccccc4)c4ccc(OC)cc4)nc32)[C@H](F)[C@@H]1C. The van der Waals surface area contributed by atoms with Crippen molar-refractivity contribution in [2.45, 2.75) is 44.3 Å². The Balaban J connectivity index is 1.54. The Kier molecular flexibility index (Phi) is 7.05. The van der Waals surface area contributed by atoms with Gasteiger partial charge in [0.15, 0.2) is 23.6 Å². The van der Waals surface area contributed by atoms with Crippen LogP contribution in [0.2, 0.25) is 0 Å². The molecule has 0 spiro atoms. The van der Waals surface area contributed by atoms with Crippen molar-refractivity contribution in [3.05, 3.63) is 118 Å². The molecule has 9 heteroatoms. The molecule has 3 aromatic carbocycles. The maximum atomic E-state index is 15.4. The molecule has 0 amide bonds. The Labute approximate surface area is 237 Å². The summed E-state index contributed by atoms with van der Waals surface area (Å²) < 4.78 is 28.4. The summed E-state index contributed by atoms with van der Waals surface area (Å²) in [5, 5.41) is 3.58. The molecule has 8 nitrogen and oxygen atoms in total. The molecule has 210 valence electrons. The van der Waals surface area contributed by atoms with Crippen molar-refractivity contribution in [2.75, 3.05) is 12.4 Å². The van der Waals surface area contributed by atoms with Gasteiger partial charge in [0, 0.05) is 5.92 Å². The number of anilines is 1. The van der Waals surface area contributed by atoms with Crippen LogP contribution in [0, 0.1) is 5.92 Å². The molecule has 0 radical (unpaired) electrons. The van der Waals surface area contributed by atoms with Crippen LogP contribution < -0.4 is 15.6 Å². The number of alkyl halides is 1. The molecule has 4 atom stereocenters. The molecule has 1 saturated heterocycles. The van der Waals surface area contributed by atoms with Crippen molar-refractivity contribution >= 4 is 17.1 Å². The van der Waals surface area contributed by atoms with Crippen LogP contribution >= 0.6 is 0 Å². The van der Waals surface area contributed by atoms with Crippen molar-refractivity contribution < 1.29 is 13.9 Å². The quantitative estimate of drug-likeness (QED) is 0.236. The molecule has 2 N–H and O–H groups in total. The average Bonchev–Trinajstić information content (AvgIpc) is 3.57. The third-order valence-electron chi connectivity index (χ3n) is 8.03. The smallest absolute Gasteiger partial charge is 0.280 e. The number of imidazole rings is 1. The summed E-state index contributed by atoms with van der Waals surface area (Å²) >= 11 is 0. The van der Waals surface area contributed by atoms with E-state index < -0.39 is 23.5 Å². The second kappa shape index (κ2) is 10.8. The first-order valence-electron chi connectivity index (χ1n) is 13.8. The van der Waals surface area contributed by atoms with E-state index in [1.54, 1.807) is 7.11 Å². The van der Waals surface area contributed by atoms with Gasteiger partial charge in [-0.1, -0.05) is 86.6 Å². The summed E-state index contributed by atoms with van der Waals surface area (Å²) in [5.74, 6) is 0.639. The zero-order valence-corrected chi connectivity index (χ0v) is 23.1. The third kappa shape index (κ3) is 4.56. The summed E-state index contributed by atoms with van der Waals surface area (Å²) in [7, 11) is 1.63. The Morgan fingerprint density at radius 3 is 2.17 bits per heavy atom.